The molecule has 0 bridgehead atoms. The number of rotatable bonds is 7. The fourth-order valence-electron chi connectivity index (χ4n) is 8.42. The van der Waals surface area contributed by atoms with E-state index < -0.39 is 15.8 Å². The molecular formula is C45H44P2. The van der Waals surface area contributed by atoms with Crippen LogP contribution in [0, 0.1) is 5.92 Å². The fraction of sp³-hybridized carbons (Fsp3) is 0.244. The van der Waals surface area contributed by atoms with E-state index in [9.17, 15) is 0 Å². The van der Waals surface area contributed by atoms with E-state index in [4.69, 9.17) is 0 Å². The molecule has 0 fully saturated rings. The summed E-state index contributed by atoms with van der Waals surface area (Å²) in [6, 6.07) is 50.9. The number of allylic oxidation sites excluding steroid dienone is 4. The van der Waals surface area contributed by atoms with Gasteiger partial charge in [0.25, 0.3) is 0 Å². The van der Waals surface area contributed by atoms with Crippen LogP contribution in [0.3, 0.4) is 0 Å². The standard InChI is InChI=1S/C45H44P2/c1-33-32-35-19-15-17-29-41(35)44(45(33)47(38-24-10-4-11-25-38)39-26-12-5-13-27-39)43-40-28-16-14-18-34(40)30-31-42(43)46(36-20-6-2-7-21-36)37-22-8-3-9-23-37/h2-13,20-27,30-31,33H,14-19,28-29,32H2,1H3. The van der Waals surface area contributed by atoms with Gasteiger partial charge in [0, 0.05) is 0 Å². The molecule has 2 heteroatoms. The summed E-state index contributed by atoms with van der Waals surface area (Å²) in [7, 11) is -1.45. The van der Waals surface area contributed by atoms with Crippen LogP contribution >= 0.6 is 15.8 Å². The Morgan fingerprint density at radius 3 is 1.55 bits per heavy atom. The number of fused-ring (bicyclic) bond motifs is 1. The summed E-state index contributed by atoms with van der Waals surface area (Å²) in [6.45, 7) is 2.56. The zero-order valence-corrected chi connectivity index (χ0v) is 29.3. The highest BCUT2D eigenvalue weighted by molar-refractivity contribution is 7.80. The van der Waals surface area contributed by atoms with Gasteiger partial charge in [-0.1, -0.05) is 146 Å². The van der Waals surface area contributed by atoms with Gasteiger partial charge in [-0.05, 0) is 139 Å². The van der Waals surface area contributed by atoms with Crippen molar-refractivity contribution >= 4 is 47.9 Å². The normalized spacial score (nSPS) is 18.0. The third kappa shape index (κ3) is 6.01. The van der Waals surface area contributed by atoms with E-state index in [0.29, 0.717) is 5.92 Å². The molecule has 0 spiro atoms. The van der Waals surface area contributed by atoms with E-state index in [1.54, 1.807) is 44.0 Å². The minimum absolute atomic E-state index is 0.500. The van der Waals surface area contributed by atoms with Crippen LogP contribution in [0.25, 0.3) is 5.57 Å². The average molecular weight is 647 g/mol. The molecular weight excluding hydrogens is 602 g/mol. The van der Waals surface area contributed by atoms with Crippen molar-refractivity contribution in [1.29, 1.82) is 0 Å². The molecule has 5 aromatic carbocycles. The number of benzene rings is 5. The highest BCUT2D eigenvalue weighted by atomic mass is 31.1. The van der Waals surface area contributed by atoms with Gasteiger partial charge in [0.2, 0.25) is 0 Å². The zero-order valence-electron chi connectivity index (χ0n) is 27.5. The van der Waals surface area contributed by atoms with Crippen LogP contribution in [0.2, 0.25) is 0 Å². The summed E-state index contributed by atoms with van der Waals surface area (Å²) >= 11 is 0. The van der Waals surface area contributed by atoms with Crippen LogP contribution in [0.4, 0.5) is 0 Å². The largest absolute Gasteiger partial charge is 0.0658 e. The quantitative estimate of drug-likeness (QED) is 0.154. The lowest BCUT2D eigenvalue weighted by Crippen LogP contribution is -2.28. The van der Waals surface area contributed by atoms with Crippen molar-refractivity contribution in [3.8, 4) is 0 Å². The molecule has 0 radical (unpaired) electrons. The first-order chi connectivity index (χ1) is 23.3. The lowest BCUT2D eigenvalue weighted by molar-refractivity contribution is 0.597. The maximum Gasteiger partial charge on any atom is -0.00592 e. The van der Waals surface area contributed by atoms with Crippen LogP contribution in [-0.4, -0.2) is 0 Å². The predicted octanol–water partition coefficient (Wildman–Crippen LogP) is 10.1. The molecule has 0 nitrogen and oxygen atoms in total. The van der Waals surface area contributed by atoms with Gasteiger partial charge in [0.15, 0.2) is 0 Å². The molecule has 0 aromatic heterocycles. The van der Waals surface area contributed by atoms with E-state index in [2.05, 4.69) is 140 Å². The maximum atomic E-state index is 2.57. The summed E-state index contributed by atoms with van der Waals surface area (Å²) < 4.78 is 0. The molecule has 1 unspecified atom stereocenters. The highest BCUT2D eigenvalue weighted by Gasteiger charge is 2.37. The number of aryl methyl sites for hydroxylation is 1. The van der Waals surface area contributed by atoms with Gasteiger partial charge >= 0.3 is 0 Å². The third-order valence-electron chi connectivity index (χ3n) is 10.5. The Morgan fingerprint density at radius 1 is 0.489 bits per heavy atom. The Kier molecular flexibility index (Phi) is 9.09. The topological polar surface area (TPSA) is 0 Å². The van der Waals surface area contributed by atoms with Crippen LogP contribution in [0.15, 0.2) is 150 Å². The molecule has 234 valence electrons. The second-order valence-corrected chi connectivity index (χ2v) is 17.8. The average Bonchev–Trinajstić information content (AvgIpc) is 3.14. The first-order valence-corrected chi connectivity index (χ1v) is 20.4. The summed E-state index contributed by atoms with van der Waals surface area (Å²) in [5.41, 5.74) is 9.99. The number of hydrogen-bond acceptors (Lipinski definition) is 0. The van der Waals surface area contributed by atoms with Gasteiger partial charge in [0.05, 0.1) is 0 Å². The van der Waals surface area contributed by atoms with Gasteiger partial charge < -0.3 is 0 Å². The molecule has 0 aliphatic heterocycles. The van der Waals surface area contributed by atoms with Crippen molar-refractivity contribution in [2.45, 2.75) is 64.7 Å². The van der Waals surface area contributed by atoms with Crippen molar-refractivity contribution < 1.29 is 0 Å². The summed E-state index contributed by atoms with van der Waals surface area (Å²) in [4.78, 5) is 0. The van der Waals surface area contributed by atoms with Gasteiger partial charge in [-0.15, -0.1) is 0 Å². The van der Waals surface area contributed by atoms with E-state index in [0.717, 1.165) is 0 Å². The van der Waals surface area contributed by atoms with Gasteiger partial charge in [0.1, 0.15) is 0 Å². The molecule has 5 aromatic rings. The van der Waals surface area contributed by atoms with E-state index >= 15 is 0 Å². The molecule has 47 heavy (non-hydrogen) atoms. The van der Waals surface area contributed by atoms with Crippen molar-refractivity contribution in [1.82, 2.24) is 0 Å². The maximum absolute atomic E-state index is 2.57. The minimum atomic E-state index is -0.742. The summed E-state index contributed by atoms with van der Waals surface area (Å²) in [6.07, 6.45) is 11.3. The second-order valence-electron chi connectivity index (χ2n) is 13.5. The molecule has 0 saturated carbocycles. The van der Waals surface area contributed by atoms with Crippen molar-refractivity contribution in [3.05, 3.63) is 167 Å². The zero-order chi connectivity index (χ0) is 31.6. The van der Waals surface area contributed by atoms with E-state index in [-0.39, 0.29) is 0 Å². The van der Waals surface area contributed by atoms with E-state index in [1.807, 2.05) is 0 Å². The Morgan fingerprint density at radius 2 is 0.979 bits per heavy atom. The molecule has 3 aliphatic carbocycles. The Labute approximate surface area is 284 Å². The Balaban J connectivity index is 1.50. The van der Waals surface area contributed by atoms with Gasteiger partial charge in [-0.3, -0.25) is 0 Å². The fourth-order valence-corrected chi connectivity index (χ4v) is 13.7. The SMILES string of the molecule is CC1CC2=C(CCCC2)C(c2c(P(c3ccccc3)c3ccccc3)ccc3c2CCCC3)=C1P(c1ccccc1)c1ccccc1. The van der Waals surface area contributed by atoms with Crippen LogP contribution < -0.4 is 26.5 Å². The van der Waals surface area contributed by atoms with Crippen LogP contribution in [0.5, 0.6) is 0 Å². The molecule has 0 N–H and O–H groups in total. The first kappa shape index (κ1) is 30.8. The number of hydrogen-bond donors (Lipinski definition) is 0. The van der Waals surface area contributed by atoms with Gasteiger partial charge in [-0.25, -0.2) is 0 Å². The molecule has 0 amide bonds. The summed E-state index contributed by atoms with van der Waals surface area (Å²) in [5, 5.41) is 9.13. The lowest BCUT2D eigenvalue weighted by atomic mass is 9.74. The Bertz CT molecular complexity index is 1830. The highest BCUT2D eigenvalue weighted by Crippen LogP contribution is 2.58. The van der Waals surface area contributed by atoms with Crippen molar-refractivity contribution in [2.24, 2.45) is 5.92 Å². The molecule has 1 atom stereocenters. The molecule has 0 heterocycles. The van der Waals surface area contributed by atoms with Crippen LogP contribution in [-0.2, 0) is 12.8 Å². The minimum Gasteiger partial charge on any atom is -0.0658 e. The molecule has 3 aliphatic rings. The Hall–Kier alpha value is -3.56. The van der Waals surface area contributed by atoms with Crippen molar-refractivity contribution in [2.75, 3.05) is 0 Å². The monoisotopic (exact) mass is 646 g/mol. The first-order valence-electron chi connectivity index (χ1n) is 17.7. The third-order valence-corrected chi connectivity index (χ3v) is 15.7. The van der Waals surface area contributed by atoms with Crippen molar-refractivity contribution in [3.63, 3.8) is 0 Å². The van der Waals surface area contributed by atoms with E-state index in [1.165, 1.54) is 79.0 Å². The van der Waals surface area contributed by atoms with Crippen LogP contribution in [0.1, 0.15) is 68.6 Å². The second kappa shape index (κ2) is 13.9. The molecule has 0 saturated heterocycles. The van der Waals surface area contributed by atoms with Gasteiger partial charge in [-0.2, -0.15) is 0 Å². The smallest absolute Gasteiger partial charge is 0.00592 e. The predicted molar refractivity (Wildman–Crippen MR) is 207 cm³/mol. The molecule has 8 rings (SSSR count). The summed E-state index contributed by atoms with van der Waals surface area (Å²) in [5.74, 6) is 0.500. The lowest BCUT2D eigenvalue weighted by Gasteiger charge is -2.40.